The third kappa shape index (κ3) is 4.24. The van der Waals surface area contributed by atoms with Crippen molar-refractivity contribution in [2.45, 2.75) is 6.42 Å². The van der Waals surface area contributed by atoms with Gasteiger partial charge in [0.15, 0.2) is 0 Å². The molecule has 1 aromatic carbocycles. The van der Waals surface area contributed by atoms with Crippen molar-refractivity contribution in [3.05, 3.63) is 45.3 Å². The van der Waals surface area contributed by atoms with Gasteiger partial charge in [-0.2, -0.15) is 13.1 Å². The minimum atomic E-state index is -4.01. The highest BCUT2D eigenvalue weighted by atomic mass is 35.5. The summed E-state index contributed by atoms with van der Waals surface area (Å²) in [6.07, 6.45) is 0.453. The van der Waals surface area contributed by atoms with Crippen molar-refractivity contribution >= 4 is 21.9 Å². The molecule has 0 radical (unpaired) electrons. The zero-order chi connectivity index (χ0) is 17.0. The van der Waals surface area contributed by atoms with Crippen LogP contribution >= 0.6 is 11.6 Å². The third-order valence-electron chi connectivity index (χ3n) is 2.75. The molecule has 1 N–H and O–H groups in total. The van der Waals surface area contributed by atoms with Crippen LogP contribution in [0.15, 0.2) is 38.4 Å². The van der Waals surface area contributed by atoms with Gasteiger partial charge in [-0.1, -0.05) is 6.07 Å². The fourth-order valence-corrected chi connectivity index (χ4v) is 2.58. The van der Waals surface area contributed by atoms with E-state index in [1.54, 1.807) is 0 Å². The van der Waals surface area contributed by atoms with Crippen LogP contribution in [0.25, 0.3) is 5.69 Å². The first-order chi connectivity index (χ1) is 10.8. The van der Waals surface area contributed by atoms with Gasteiger partial charge in [0, 0.05) is 25.5 Å². The van der Waals surface area contributed by atoms with Crippen molar-refractivity contribution < 1.29 is 17.1 Å². The first-order valence-corrected chi connectivity index (χ1v) is 8.43. The monoisotopic (exact) mass is 363 g/mol. The minimum Gasteiger partial charge on any atom is -0.371 e. The molecule has 1 heterocycles. The maximum atomic E-state index is 11.8. The normalized spacial score (nSPS) is 11.6. The summed E-state index contributed by atoms with van der Waals surface area (Å²) in [6.45, 7) is 0.137. The molecule has 0 saturated carbocycles. The van der Waals surface area contributed by atoms with Crippen LogP contribution in [0.1, 0.15) is 6.42 Å². The molecule has 23 heavy (non-hydrogen) atoms. The fourth-order valence-electron chi connectivity index (χ4n) is 1.64. The molecule has 0 aliphatic carbocycles. The molecule has 0 amide bonds. The van der Waals surface area contributed by atoms with E-state index in [9.17, 15) is 18.0 Å². The highest BCUT2D eigenvalue weighted by molar-refractivity contribution is 7.85. The van der Waals surface area contributed by atoms with Gasteiger partial charge in [0.25, 0.3) is 0 Å². The summed E-state index contributed by atoms with van der Waals surface area (Å²) in [7, 11) is -2.75. The maximum absolute atomic E-state index is 11.8. The standard InChI is InChI=1S/C12H14ClN3O6S/c1-15-11(17)16(21-12(15)18)9-4-2-5-10(8-9)22-23(19,20)14-7-3-6-13/h2,4-5,8,14H,3,6-7H2,1H3. The van der Waals surface area contributed by atoms with E-state index in [1.807, 2.05) is 0 Å². The Kier molecular flexibility index (Phi) is 5.29. The first-order valence-electron chi connectivity index (χ1n) is 6.49. The van der Waals surface area contributed by atoms with Gasteiger partial charge >= 0.3 is 21.7 Å². The number of aromatic nitrogens is 2. The summed E-state index contributed by atoms with van der Waals surface area (Å²) < 4.78 is 36.8. The SMILES string of the molecule is Cn1c(=O)on(-c2cccc(OS(=O)(=O)NCCCCl)c2)c1=O. The zero-order valence-electron chi connectivity index (χ0n) is 12.1. The predicted octanol–water partition coefficient (Wildman–Crippen LogP) is -0.0287. The lowest BCUT2D eigenvalue weighted by Gasteiger charge is -2.08. The van der Waals surface area contributed by atoms with Crippen LogP contribution in [0, 0.1) is 0 Å². The van der Waals surface area contributed by atoms with Gasteiger partial charge in [-0.15, -0.1) is 16.3 Å². The lowest BCUT2D eigenvalue weighted by atomic mass is 10.3. The van der Waals surface area contributed by atoms with E-state index in [2.05, 4.69) is 4.72 Å². The molecule has 0 aliphatic heterocycles. The van der Waals surface area contributed by atoms with Gasteiger partial charge in [-0.05, 0) is 18.6 Å². The van der Waals surface area contributed by atoms with Crippen molar-refractivity contribution in [2.24, 2.45) is 7.05 Å². The number of halogens is 1. The van der Waals surface area contributed by atoms with E-state index in [0.717, 1.165) is 9.31 Å². The molecule has 11 heteroatoms. The Morgan fingerprint density at radius 3 is 2.70 bits per heavy atom. The lowest BCUT2D eigenvalue weighted by molar-refractivity contribution is 0.312. The Hall–Kier alpha value is -2.04. The lowest BCUT2D eigenvalue weighted by Crippen LogP contribution is -2.29. The summed E-state index contributed by atoms with van der Waals surface area (Å²) >= 11 is 5.46. The maximum Gasteiger partial charge on any atom is 0.442 e. The fraction of sp³-hybridized carbons (Fsp3) is 0.333. The Morgan fingerprint density at radius 1 is 1.35 bits per heavy atom. The van der Waals surface area contributed by atoms with Crippen LogP contribution in [-0.2, 0) is 17.4 Å². The molecule has 1 aromatic heterocycles. The molecule has 0 bridgehead atoms. The Balaban J connectivity index is 2.25. The quantitative estimate of drug-likeness (QED) is 0.546. The molecule has 2 aromatic rings. The summed E-state index contributed by atoms with van der Waals surface area (Å²) in [5.74, 6) is -0.565. The highest BCUT2D eigenvalue weighted by Gasteiger charge is 2.14. The zero-order valence-corrected chi connectivity index (χ0v) is 13.6. The van der Waals surface area contributed by atoms with Crippen molar-refractivity contribution in [1.29, 1.82) is 0 Å². The number of alkyl halides is 1. The van der Waals surface area contributed by atoms with Crippen LogP contribution in [-0.4, -0.2) is 30.1 Å². The summed E-state index contributed by atoms with van der Waals surface area (Å²) in [5, 5.41) is 0. The molecular weight excluding hydrogens is 350 g/mol. The smallest absolute Gasteiger partial charge is 0.371 e. The van der Waals surface area contributed by atoms with Crippen molar-refractivity contribution in [1.82, 2.24) is 14.0 Å². The van der Waals surface area contributed by atoms with Gasteiger partial charge in [-0.3, -0.25) is 0 Å². The van der Waals surface area contributed by atoms with Crippen LogP contribution < -0.4 is 20.4 Å². The van der Waals surface area contributed by atoms with E-state index in [0.29, 0.717) is 12.3 Å². The number of hydrogen-bond donors (Lipinski definition) is 1. The van der Waals surface area contributed by atoms with Gasteiger partial charge in [-0.25, -0.2) is 14.2 Å². The highest BCUT2D eigenvalue weighted by Crippen LogP contribution is 2.16. The molecule has 0 spiro atoms. The van der Waals surface area contributed by atoms with Crippen LogP contribution in [0.4, 0.5) is 0 Å². The van der Waals surface area contributed by atoms with Gasteiger partial charge < -0.3 is 8.71 Å². The third-order valence-corrected chi connectivity index (χ3v) is 3.99. The van der Waals surface area contributed by atoms with Crippen molar-refractivity contribution in [2.75, 3.05) is 12.4 Å². The number of hydrogen-bond acceptors (Lipinski definition) is 6. The number of benzene rings is 1. The minimum absolute atomic E-state index is 0.0423. The van der Waals surface area contributed by atoms with Gasteiger partial charge in [0.1, 0.15) is 5.75 Å². The molecule has 0 saturated heterocycles. The molecule has 0 unspecified atom stereocenters. The average molecular weight is 364 g/mol. The Bertz CT molecular complexity index is 898. The predicted molar refractivity (Wildman–Crippen MR) is 82.4 cm³/mol. The molecule has 2 rings (SSSR count). The Morgan fingerprint density at radius 2 is 2.09 bits per heavy atom. The summed E-state index contributed by atoms with van der Waals surface area (Å²) in [6, 6.07) is 5.56. The number of rotatable bonds is 7. The van der Waals surface area contributed by atoms with E-state index >= 15 is 0 Å². The number of nitrogens with zero attached hydrogens (tertiary/aromatic N) is 2. The summed E-state index contributed by atoms with van der Waals surface area (Å²) in [4.78, 5) is 23.1. The van der Waals surface area contributed by atoms with Crippen LogP contribution in [0.5, 0.6) is 5.75 Å². The molecule has 9 nitrogen and oxygen atoms in total. The Labute approximate surface area is 136 Å². The largest absolute Gasteiger partial charge is 0.442 e. The number of nitrogens with one attached hydrogen (secondary N) is 1. The van der Waals surface area contributed by atoms with Gasteiger partial charge in [0.05, 0.1) is 5.69 Å². The van der Waals surface area contributed by atoms with Gasteiger partial charge in [0.2, 0.25) is 0 Å². The van der Waals surface area contributed by atoms with Crippen LogP contribution in [0.2, 0.25) is 0 Å². The van der Waals surface area contributed by atoms with E-state index in [1.165, 1.54) is 31.3 Å². The second kappa shape index (κ2) is 7.02. The molecule has 0 atom stereocenters. The van der Waals surface area contributed by atoms with E-state index in [-0.39, 0.29) is 18.0 Å². The van der Waals surface area contributed by atoms with E-state index in [4.69, 9.17) is 20.3 Å². The van der Waals surface area contributed by atoms with Crippen molar-refractivity contribution in [3.63, 3.8) is 0 Å². The molecular formula is C12H14ClN3O6S. The molecule has 0 aliphatic rings. The van der Waals surface area contributed by atoms with Crippen molar-refractivity contribution in [3.8, 4) is 11.4 Å². The average Bonchev–Trinajstić information content (AvgIpc) is 2.75. The van der Waals surface area contributed by atoms with E-state index < -0.39 is 21.7 Å². The topological polar surface area (TPSA) is 113 Å². The second-order valence-corrected chi connectivity index (χ2v) is 6.21. The second-order valence-electron chi connectivity index (χ2n) is 4.46. The summed E-state index contributed by atoms with van der Waals surface area (Å²) in [5.41, 5.74) is -0.545. The first kappa shape index (κ1) is 17.3. The molecule has 126 valence electrons. The van der Waals surface area contributed by atoms with Crippen LogP contribution in [0.3, 0.4) is 0 Å². The molecule has 0 fully saturated rings.